The van der Waals surface area contributed by atoms with Crippen molar-refractivity contribution < 1.29 is 29.6 Å². The molecule has 0 aromatic heterocycles. The first-order valence-corrected chi connectivity index (χ1v) is 9.95. The van der Waals surface area contributed by atoms with E-state index in [-0.39, 0.29) is 25.9 Å². The van der Waals surface area contributed by atoms with Crippen molar-refractivity contribution in [2.75, 3.05) is 40.3 Å². The monoisotopic (exact) mass is 406 g/mol. The summed E-state index contributed by atoms with van der Waals surface area (Å²) in [7, 11) is 3.47. The number of aliphatic hydroxyl groups excluding tert-OH is 1. The van der Waals surface area contributed by atoms with Gasteiger partial charge in [0.25, 0.3) is 5.91 Å². The van der Waals surface area contributed by atoms with Gasteiger partial charge in [0.2, 0.25) is 0 Å². The fourth-order valence-corrected chi connectivity index (χ4v) is 4.36. The number of amides is 1. The average Bonchev–Trinajstić information content (AvgIpc) is 2.71. The van der Waals surface area contributed by atoms with Crippen LogP contribution in [0.4, 0.5) is 0 Å². The van der Waals surface area contributed by atoms with Crippen LogP contribution in [0.15, 0.2) is 24.3 Å². The minimum Gasteiger partial charge on any atom is -0.497 e. The zero-order valence-corrected chi connectivity index (χ0v) is 17.0. The molecule has 0 radical (unpaired) electrons. The number of likely N-dealkylation sites (tertiary alicyclic amines) is 2. The van der Waals surface area contributed by atoms with Crippen LogP contribution in [0, 0.1) is 5.41 Å². The van der Waals surface area contributed by atoms with E-state index in [0.717, 1.165) is 0 Å². The summed E-state index contributed by atoms with van der Waals surface area (Å²) < 4.78 is 5.21. The van der Waals surface area contributed by atoms with Gasteiger partial charge in [-0.15, -0.1) is 0 Å². The largest absolute Gasteiger partial charge is 0.497 e. The molecule has 1 aromatic carbocycles. The van der Waals surface area contributed by atoms with Crippen molar-refractivity contribution in [1.82, 2.24) is 9.80 Å². The Labute approximate surface area is 170 Å². The predicted octanol–water partition coefficient (Wildman–Crippen LogP) is 0.359. The van der Waals surface area contributed by atoms with E-state index >= 15 is 0 Å². The Morgan fingerprint density at radius 2 is 1.93 bits per heavy atom. The summed E-state index contributed by atoms with van der Waals surface area (Å²) in [5.41, 5.74) is -2.31. The van der Waals surface area contributed by atoms with Crippen LogP contribution < -0.4 is 4.74 Å². The van der Waals surface area contributed by atoms with E-state index in [1.165, 1.54) is 12.0 Å². The molecule has 2 atom stereocenters. The molecule has 2 fully saturated rings. The molecular weight excluding hydrogens is 376 g/mol. The molecule has 2 saturated heterocycles. The average molecular weight is 406 g/mol. The van der Waals surface area contributed by atoms with Crippen LogP contribution in [0.1, 0.15) is 24.8 Å². The minimum absolute atomic E-state index is 0.0612. The van der Waals surface area contributed by atoms with E-state index < -0.39 is 29.0 Å². The number of nitrogens with zero attached hydrogens (tertiary/aromatic N) is 2. The van der Waals surface area contributed by atoms with Gasteiger partial charge < -0.3 is 29.9 Å². The van der Waals surface area contributed by atoms with Crippen molar-refractivity contribution in [3.8, 4) is 5.75 Å². The summed E-state index contributed by atoms with van der Waals surface area (Å²) >= 11 is 0. The summed E-state index contributed by atoms with van der Waals surface area (Å²) in [6.07, 6.45) is -0.249. The van der Waals surface area contributed by atoms with Gasteiger partial charge in [0.15, 0.2) is 0 Å². The summed E-state index contributed by atoms with van der Waals surface area (Å²) in [5, 5.41) is 31.6. The maximum atomic E-state index is 13.1. The maximum absolute atomic E-state index is 13.1. The lowest BCUT2D eigenvalue weighted by Crippen LogP contribution is -2.62. The van der Waals surface area contributed by atoms with Crippen LogP contribution >= 0.6 is 0 Å². The molecule has 160 valence electrons. The van der Waals surface area contributed by atoms with Gasteiger partial charge in [-0.05, 0) is 50.4 Å². The maximum Gasteiger partial charge on any atom is 0.314 e. The Morgan fingerprint density at radius 3 is 2.55 bits per heavy atom. The molecule has 0 saturated carbocycles. The van der Waals surface area contributed by atoms with Gasteiger partial charge in [0.1, 0.15) is 16.8 Å². The Bertz CT molecular complexity index is 761. The number of carboxylic acids is 1. The molecule has 2 heterocycles. The van der Waals surface area contributed by atoms with Crippen LogP contribution in [0.25, 0.3) is 0 Å². The first kappa shape index (κ1) is 21.5. The summed E-state index contributed by atoms with van der Waals surface area (Å²) in [5.74, 6) is -0.989. The normalized spacial score (nSPS) is 27.4. The summed E-state index contributed by atoms with van der Waals surface area (Å²) in [4.78, 5) is 28.9. The molecule has 2 aliphatic heterocycles. The molecule has 8 heteroatoms. The van der Waals surface area contributed by atoms with Gasteiger partial charge in [0, 0.05) is 26.2 Å². The van der Waals surface area contributed by atoms with E-state index in [2.05, 4.69) is 0 Å². The number of methoxy groups -OCH3 is 1. The SMILES string of the molecule is COc1cccc(C[C@@]2(C(=O)O)CN(C(=O)C3(O)CCN(C)CC3)CC[C@H]2O)c1. The Morgan fingerprint density at radius 1 is 1.24 bits per heavy atom. The van der Waals surface area contributed by atoms with Crippen molar-refractivity contribution in [2.24, 2.45) is 5.41 Å². The third kappa shape index (κ3) is 4.24. The number of hydrogen-bond acceptors (Lipinski definition) is 6. The zero-order chi connectivity index (χ0) is 21.2. The molecule has 0 bridgehead atoms. The molecule has 3 N–H and O–H groups in total. The van der Waals surface area contributed by atoms with E-state index in [0.29, 0.717) is 37.2 Å². The Kier molecular flexibility index (Phi) is 6.16. The van der Waals surface area contributed by atoms with Gasteiger partial charge >= 0.3 is 5.97 Å². The third-order valence-corrected chi connectivity index (χ3v) is 6.36. The van der Waals surface area contributed by atoms with Gasteiger partial charge in [-0.25, -0.2) is 0 Å². The lowest BCUT2D eigenvalue weighted by Gasteiger charge is -2.46. The predicted molar refractivity (Wildman–Crippen MR) is 106 cm³/mol. The molecule has 0 aliphatic carbocycles. The Balaban J connectivity index is 1.84. The van der Waals surface area contributed by atoms with Crippen LogP contribution in [0.3, 0.4) is 0 Å². The van der Waals surface area contributed by atoms with Crippen molar-refractivity contribution in [3.63, 3.8) is 0 Å². The highest BCUT2D eigenvalue weighted by molar-refractivity contribution is 5.86. The number of aliphatic carboxylic acids is 1. The topological polar surface area (TPSA) is 111 Å². The van der Waals surface area contributed by atoms with E-state index in [1.54, 1.807) is 24.3 Å². The second kappa shape index (κ2) is 8.30. The van der Waals surface area contributed by atoms with E-state index in [1.807, 2.05) is 11.9 Å². The number of carbonyl (C=O) groups excluding carboxylic acids is 1. The van der Waals surface area contributed by atoms with Crippen LogP contribution in [-0.2, 0) is 16.0 Å². The first-order valence-electron chi connectivity index (χ1n) is 9.95. The van der Waals surface area contributed by atoms with E-state index in [4.69, 9.17) is 4.74 Å². The van der Waals surface area contributed by atoms with Crippen LogP contribution in [0.2, 0.25) is 0 Å². The fraction of sp³-hybridized carbons (Fsp3) is 0.619. The zero-order valence-electron chi connectivity index (χ0n) is 17.0. The highest BCUT2D eigenvalue weighted by atomic mass is 16.5. The number of carboxylic acid groups (broad SMARTS) is 1. The molecular formula is C21H30N2O6. The van der Waals surface area contributed by atoms with Crippen molar-refractivity contribution in [2.45, 2.75) is 37.4 Å². The van der Waals surface area contributed by atoms with E-state index in [9.17, 15) is 24.9 Å². The molecule has 2 aliphatic rings. The number of ether oxygens (including phenoxy) is 1. The number of carbonyl (C=O) groups is 2. The van der Waals surface area contributed by atoms with Gasteiger partial charge in [-0.2, -0.15) is 0 Å². The number of hydrogen-bond donors (Lipinski definition) is 3. The molecule has 29 heavy (non-hydrogen) atoms. The highest BCUT2D eigenvalue weighted by Crippen LogP contribution is 2.37. The fourth-order valence-electron chi connectivity index (χ4n) is 4.36. The standard InChI is InChI=1S/C21H30N2O6/c1-22-10-7-21(28,8-11-22)18(25)23-9-6-17(24)20(14-23,19(26)27)13-15-4-3-5-16(12-15)29-2/h3-5,12,17,24,28H,6-11,13-14H2,1-2H3,(H,26,27)/t17-,20-/m1/s1. The first-order chi connectivity index (χ1) is 13.7. The molecule has 0 spiro atoms. The number of aliphatic hydroxyl groups is 2. The van der Waals surface area contributed by atoms with Crippen molar-refractivity contribution in [1.29, 1.82) is 0 Å². The van der Waals surface area contributed by atoms with Crippen LogP contribution in [-0.4, -0.2) is 89.0 Å². The molecule has 0 unspecified atom stereocenters. The van der Waals surface area contributed by atoms with Crippen molar-refractivity contribution >= 4 is 11.9 Å². The van der Waals surface area contributed by atoms with Gasteiger partial charge in [-0.1, -0.05) is 12.1 Å². The summed E-state index contributed by atoms with van der Waals surface area (Å²) in [6.45, 7) is 1.29. The lowest BCUT2D eigenvalue weighted by molar-refractivity contribution is -0.173. The molecule has 8 nitrogen and oxygen atoms in total. The minimum atomic E-state index is -1.54. The van der Waals surface area contributed by atoms with Crippen LogP contribution in [0.5, 0.6) is 5.75 Å². The quantitative estimate of drug-likeness (QED) is 0.647. The molecule has 1 aromatic rings. The third-order valence-electron chi connectivity index (χ3n) is 6.36. The number of rotatable bonds is 5. The number of benzene rings is 1. The van der Waals surface area contributed by atoms with Crippen molar-refractivity contribution in [3.05, 3.63) is 29.8 Å². The second-order valence-corrected chi connectivity index (χ2v) is 8.36. The lowest BCUT2D eigenvalue weighted by atomic mass is 9.72. The molecule has 3 rings (SSSR count). The number of piperidine rings is 2. The Hall–Kier alpha value is -2.16. The highest BCUT2D eigenvalue weighted by Gasteiger charge is 2.52. The second-order valence-electron chi connectivity index (χ2n) is 8.36. The smallest absolute Gasteiger partial charge is 0.314 e. The van der Waals surface area contributed by atoms with Gasteiger partial charge in [0.05, 0.1) is 13.2 Å². The molecule has 1 amide bonds. The summed E-state index contributed by atoms with van der Waals surface area (Å²) in [6, 6.07) is 7.05. The van der Waals surface area contributed by atoms with Gasteiger partial charge in [-0.3, -0.25) is 9.59 Å².